The maximum Gasteiger partial charge on any atom is 0.326 e. The van der Waals surface area contributed by atoms with E-state index in [-0.39, 0.29) is 17.7 Å². The van der Waals surface area contributed by atoms with Gasteiger partial charge in [0.2, 0.25) is 0 Å². The van der Waals surface area contributed by atoms with E-state index in [1.54, 1.807) is 0 Å². The van der Waals surface area contributed by atoms with Gasteiger partial charge in [-0.15, -0.1) is 0 Å². The van der Waals surface area contributed by atoms with Crippen LogP contribution in [0.15, 0.2) is 66.7 Å². The molecule has 0 aromatic heterocycles. The number of fused-ring (bicyclic) bond motifs is 1. The van der Waals surface area contributed by atoms with Gasteiger partial charge in [0.15, 0.2) is 0 Å². The van der Waals surface area contributed by atoms with Gasteiger partial charge in [0, 0.05) is 23.4 Å². The van der Waals surface area contributed by atoms with E-state index in [0.29, 0.717) is 23.4 Å². The molecule has 6 heteroatoms. The third-order valence-corrected chi connectivity index (χ3v) is 6.92. The van der Waals surface area contributed by atoms with E-state index >= 15 is 0 Å². The number of rotatable bonds is 10. The second-order valence-electron chi connectivity index (χ2n) is 10.0. The van der Waals surface area contributed by atoms with Gasteiger partial charge in [0.1, 0.15) is 6.04 Å². The number of carbonyl (C=O) groups is 3. The van der Waals surface area contributed by atoms with Gasteiger partial charge in [-0.3, -0.25) is 9.59 Å². The van der Waals surface area contributed by atoms with Crippen molar-refractivity contribution in [3.63, 3.8) is 0 Å². The highest BCUT2D eigenvalue weighted by atomic mass is 16.4. The number of carboxylic acids is 1. The molecule has 0 bridgehead atoms. The third-order valence-electron chi connectivity index (χ3n) is 6.92. The van der Waals surface area contributed by atoms with Gasteiger partial charge in [-0.05, 0) is 71.3 Å². The molecule has 0 radical (unpaired) electrons. The van der Waals surface area contributed by atoms with Crippen LogP contribution in [0.25, 0.3) is 11.1 Å². The zero-order chi connectivity index (χ0) is 26.5. The molecular formula is C31H34N2O4. The summed E-state index contributed by atoms with van der Waals surface area (Å²) >= 11 is 0. The number of nitrogens with zero attached hydrogens (tertiary/aromatic N) is 1. The Kier molecular flexibility index (Phi) is 8.07. The van der Waals surface area contributed by atoms with Gasteiger partial charge in [0.05, 0.1) is 0 Å². The summed E-state index contributed by atoms with van der Waals surface area (Å²) in [7, 11) is 0. The van der Waals surface area contributed by atoms with Crippen molar-refractivity contribution >= 4 is 23.5 Å². The second-order valence-corrected chi connectivity index (χ2v) is 10.0. The maximum atomic E-state index is 13.0. The summed E-state index contributed by atoms with van der Waals surface area (Å²) in [6.07, 6.45) is 4.59. The lowest BCUT2D eigenvalue weighted by molar-refractivity contribution is -0.144. The van der Waals surface area contributed by atoms with Crippen molar-refractivity contribution in [3.05, 3.63) is 89.0 Å². The molecule has 3 aromatic carbocycles. The Morgan fingerprint density at radius 2 is 1.62 bits per heavy atom. The average molecular weight is 499 g/mol. The number of carbonyl (C=O) groups excluding carboxylic acids is 2. The summed E-state index contributed by atoms with van der Waals surface area (Å²) in [5, 5.41) is 12.6. The van der Waals surface area contributed by atoms with Gasteiger partial charge in [-0.2, -0.15) is 0 Å². The minimum Gasteiger partial charge on any atom is -0.480 e. The SMILES string of the molecule is CCCCCc1ccc(C(=O)Nc2ccc(-c3ccc4c(c3)C(=O)N(C(C(=O)O)C(C)C)C4)cc2)cc1. The van der Waals surface area contributed by atoms with Crippen LogP contribution in [0.3, 0.4) is 0 Å². The summed E-state index contributed by atoms with van der Waals surface area (Å²) < 4.78 is 0. The monoisotopic (exact) mass is 498 g/mol. The molecule has 1 aliphatic heterocycles. The number of hydrogen-bond donors (Lipinski definition) is 2. The van der Waals surface area contributed by atoms with Gasteiger partial charge >= 0.3 is 5.97 Å². The molecule has 6 nitrogen and oxygen atoms in total. The summed E-state index contributed by atoms with van der Waals surface area (Å²) in [6.45, 7) is 6.11. The van der Waals surface area contributed by atoms with Crippen LogP contribution in [0.4, 0.5) is 5.69 Å². The van der Waals surface area contributed by atoms with Crippen LogP contribution in [0.5, 0.6) is 0 Å². The number of amides is 2. The minimum atomic E-state index is -0.989. The highest BCUT2D eigenvalue weighted by molar-refractivity contribution is 6.04. The van der Waals surface area contributed by atoms with E-state index in [1.807, 2.05) is 80.6 Å². The fourth-order valence-corrected chi connectivity index (χ4v) is 4.86. The van der Waals surface area contributed by atoms with E-state index in [9.17, 15) is 19.5 Å². The predicted octanol–water partition coefficient (Wildman–Crippen LogP) is 6.40. The largest absolute Gasteiger partial charge is 0.480 e. The molecular weight excluding hydrogens is 464 g/mol. The first-order chi connectivity index (χ1) is 17.8. The number of hydrogen-bond acceptors (Lipinski definition) is 3. The number of benzene rings is 3. The fourth-order valence-electron chi connectivity index (χ4n) is 4.86. The van der Waals surface area contributed by atoms with E-state index in [4.69, 9.17) is 0 Å². The van der Waals surface area contributed by atoms with Crippen LogP contribution < -0.4 is 5.32 Å². The molecule has 0 fully saturated rings. The number of carboxylic acid groups (broad SMARTS) is 1. The second kappa shape index (κ2) is 11.4. The standard InChI is InChI=1S/C31H34N2O4/c1-4-5-6-7-21-8-10-23(11-9-21)29(34)32-26-16-14-22(15-17-26)24-12-13-25-19-33(30(35)27(25)18-24)28(20(2)3)31(36)37/h8-18,20,28H,4-7,19H2,1-3H3,(H,32,34)(H,36,37). The first-order valence-corrected chi connectivity index (χ1v) is 13.0. The van der Waals surface area contributed by atoms with Crippen molar-refractivity contribution in [1.29, 1.82) is 0 Å². The number of unbranched alkanes of at least 4 members (excludes halogenated alkanes) is 2. The Morgan fingerprint density at radius 1 is 0.946 bits per heavy atom. The van der Waals surface area contributed by atoms with E-state index in [1.165, 1.54) is 23.3 Å². The van der Waals surface area contributed by atoms with E-state index in [2.05, 4.69) is 12.2 Å². The van der Waals surface area contributed by atoms with Crippen LogP contribution in [0, 0.1) is 5.92 Å². The predicted molar refractivity (Wildman–Crippen MR) is 146 cm³/mol. The van der Waals surface area contributed by atoms with Crippen molar-refractivity contribution in [2.24, 2.45) is 5.92 Å². The summed E-state index contributed by atoms with van der Waals surface area (Å²) in [4.78, 5) is 38.9. The zero-order valence-electron chi connectivity index (χ0n) is 21.7. The van der Waals surface area contributed by atoms with Crippen molar-refractivity contribution < 1.29 is 19.5 Å². The van der Waals surface area contributed by atoms with Gasteiger partial charge in [-0.1, -0.05) is 70.0 Å². The first-order valence-electron chi connectivity index (χ1n) is 13.0. The molecule has 2 N–H and O–H groups in total. The lowest BCUT2D eigenvalue weighted by atomic mass is 10.00. The van der Waals surface area contributed by atoms with Crippen LogP contribution in [0.1, 0.15) is 71.9 Å². The first kappa shape index (κ1) is 26.1. The molecule has 1 aliphatic rings. The number of aryl methyl sites for hydroxylation is 1. The van der Waals surface area contributed by atoms with Crippen LogP contribution in [0.2, 0.25) is 0 Å². The molecule has 1 heterocycles. The quantitative estimate of drug-likeness (QED) is 0.317. The van der Waals surface area contributed by atoms with Crippen molar-refractivity contribution in [2.45, 2.75) is 59.0 Å². The van der Waals surface area contributed by atoms with Crippen LogP contribution >= 0.6 is 0 Å². The smallest absolute Gasteiger partial charge is 0.326 e. The topological polar surface area (TPSA) is 86.7 Å². The molecule has 2 amide bonds. The molecule has 0 saturated heterocycles. The maximum absolute atomic E-state index is 13.0. The van der Waals surface area contributed by atoms with Crippen molar-refractivity contribution in [1.82, 2.24) is 4.90 Å². The highest BCUT2D eigenvalue weighted by Crippen LogP contribution is 2.31. The average Bonchev–Trinajstić information content (AvgIpc) is 3.19. The van der Waals surface area contributed by atoms with Crippen molar-refractivity contribution in [3.8, 4) is 11.1 Å². The molecule has 1 atom stereocenters. The molecule has 0 spiro atoms. The Labute approximate surface area is 218 Å². The fraction of sp³-hybridized carbons (Fsp3) is 0.323. The molecule has 37 heavy (non-hydrogen) atoms. The van der Waals surface area contributed by atoms with Gasteiger partial charge < -0.3 is 15.3 Å². The lowest BCUT2D eigenvalue weighted by Crippen LogP contribution is -2.44. The van der Waals surface area contributed by atoms with Crippen molar-refractivity contribution in [2.75, 3.05) is 5.32 Å². The summed E-state index contributed by atoms with van der Waals surface area (Å²) in [6, 6.07) is 20.1. The molecule has 3 aromatic rings. The van der Waals surface area contributed by atoms with Gasteiger partial charge in [0.25, 0.3) is 11.8 Å². The molecule has 1 unspecified atom stereocenters. The Morgan fingerprint density at radius 3 is 2.24 bits per heavy atom. The molecule has 0 saturated carbocycles. The Hall–Kier alpha value is -3.93. The molecule has 0 aliphatic carbocycles. The molecule has 192 valence electrons. The van der Waals surface area contributed by atoms with E-state index in [0.717, 1.165) is 29.5 Å². The molecule has 4 rings (SSSR count). The van der Waals surface area contributed by atoms with E-state index < -0.39 is 12.0 Å². The third kappa shape index (κ3) is 5.91. The van der Waals surface area contributed by atoms with Crippen LogP contribution in [-0.2, 0) is 17.8 Å². The Bertz CT molecular complexity index is 1280. The zero-order valence-corrected chi connectivity index (χ0v) is 21.7. The summed E-state index contributed by atoms with van der Waals surface area (Å²) in [5.41, 5.74) is 5.69. The number of aliphatic carboxylic acids is 1. The lowest BCUT2D eigenvalue weighted by Gasteiger charge is -2.27. The summed E-state index contributed by atoms with van der Waals surface area (Å²) in [5.74, 6) is -1.59. The normalized spacial score (nSPS) is 13.5. The number of nitrogens with one attached hydrogen (secondary N) is 1. The number of anilines is 1. The minimum absolute atomic E-state index is 0.158. The Balaban J connectivity index is 1.43. The van der Waals surface area contributed by atoms with Gasteiger partial charge in [-0.25, -0.2) is 4.79 Å². The van der Waals surface area contributed by atoms with Crippen LogP contribution in [-0.4, -0.2) is 33.8 Å². The highest BCUT2D eigenvalue weighted by Gasteiger charge is 2.38.